The summed E-state index contributed by atoms with van der Waals surface area (Å²) in [5.41, 5.74) is 0. The number of alkyl halides is 3. The fourth-order valence-corrected chi connectivity index (χ4v) is 0.827. The van der Waals surface area contributed by atoms with Crippen molar-refractivity contribution in [3.05, 3.63) is 0 Å². The van der Waals surface area contributed by atoms with Gasteiger partial charge < -0.3 is 10.1 Å². The van der Waals surface area contributed by atoms with Crippen LogP contribution in [0.5, 0.6) is 0 Å². The summed E-state index contributed by atoms with van der Waals surface area (Å²) >= 11 is 0. The van der Waals surface area contributed by atoms with Gasteiger partial charge in [-0.15, -0.1) is 0 Å². The van der Waals surface area contributed by atoms with Gasteiger partial charge in [0, 0.05) is 19.7 Å². The van der Waals surface area contributed by atoms with Gasteiger partial charge in [-0.05, 0) is 6.92 Å². The smallest absolute Gasteiger partial charge is 0.383 e. The summed E-state index contributed by atoms with van der Waals surface area (Å²) in [6.07, 6.45) is -4.88. The SMILES string of the molecule is COCCNC(C)CC(F)(F)F. The Morgan fingerprint density at radius 2 is 2.00 bits per heavy atom. The second kappa shape index (κ2) is 5.37. The first-order chi connectivity index (χ1) is 5.45. The van der Waals surface area contributed by atoms with Crippen molar-refractivity contribution in [1.82, 2.24) is 5.32 Å². The van der Waals surface area contributed by atoms with Crippen LogP contribution in [-0.4, -0.2) is 32.5 Å². The minimum Gasteiger partial charge on any atom is -0.383 e. The van der Waals surface area contributed by atoms with Gasteiger partial charge in [0.05, 0.1) is 13.0 Å². The van der Waals surface area contributed by atoms with Gasteiger partial charge in [0.1, 0.15) is 0 Å². The maximum Gasteiger partial charge on any atom is 0.390 e. The van der Waals surface area contributed by atoms with E-state index in [1.54, 1.807) is 0 Å². The number of hydrogen-bond acceptors (Lipinski definition) is 2. The average molecular weight is 185 g/mol. The van der Waals surface area contributed by atoms with Crippen LogP contribution in [0.2, 0.25) is 0 Å². The molecule has 0 radical (unpaired) electrons. The number of halogens is 3. The van der Waals surface area contributed by atoms with E-state index in [1.165, 1.54) is 14.0 Å². The van der Waals surface area contributed by atoms with Gasteiger partial charge in [-0.3, -0.25) is 0 Å². The van der Waals surface area contributed by atoms with Crippen molar-refractivity contribution in [2.24, 2.45) is 0 Å². The molecule has 0 spiro atoms. The van der Waals surface area contributed by atoms with E-state index in [-0.39, 0.29) is 0 Å². The van der Waals surface area contributed by atoms with Crippen LogP contribution in [0.3, 0.4) is 0 Å². The molecule has 1 unspecified atom stereocenters. The Balaban J connectivity index is 3.40. The highest BCUT2D eigenvalue weighted by Crippen LogP contribution is 2.20. The van der Waals surface area contributed by atoms with Crippen molar-refractivity contribution in [2.45, 2.75) is 25.6 Å². The van der Waals surface area contributed by atoms with E-state index in [0.717, 1.165) is 0 Å². The molecule has 0 aromatic heterocycles. The Labute approximate surface area is 70.1 Å². The molecule has 0 heterocycles. The van der Waals surface area contributed by atoms with Crippen LogP contribution < -0.4 is 5.32 Å². The Bertz CT molecular complexity index is 116. The molecule has 0 aromatic carbocycles. The first-order valence-corrected chi connectivity index (χ1v) is 3.75. The summed E-state index contributed by atoms with van der Waals surface area (Å²) in [5, 5.41) is 2.70. The molecule has 0 bridgehead atoms. The number of hydrogen-bond donors (Lipinski definition) is 1. The van der Waals surface area contributed by atoms with Crippen LogP contribution in [0.4, 0.5) is 13.2 Å². The minimum absolute atomic E-state index is 0.433. The van der Waals surface area contributed by atoms with Crippen molar-refractivity contribution in [1.29, 1.82) is 0 Å². The molecule has 1 N–H and O–H groups in total. The van der Waals surface area contributed by atoms with E-state index in [0.29, 0.717) is 13.2 Å². The molecule has 0 saturated carbocycles. The lowest BCUT2D eigenvalue weighted by atomic mass is 10.2. The van der Waals surface area contributed by atoms with Gasteiger partial charge in [-0.25, -0.2) is 0 Å². The Morgan fingerprint density at radius 3 is 2.42 bits per heavy atom. The maximum atomic E-state index is 11.7. The van der Waals surface area contributed by atoms with Crippen LogP contribution in [0.25, 0.3) is 0 Å². The summed E-state index contributed by atoms with van der Waals surface area (Å²) in [6.45, 7) is 2.39. The van der Waals surface area contributed by atoms with Crippen molar-refractivity contribution >= 4 is 0 Å². The zero-order valence-corrected chi connectivity index (χ0v) is 7.24. The Morgan fingerprint density at radius 1 is 1.42 bits per heavy atom. The van der Waals surface area contributed by atoms with Gasteiger partial charge in [0.15, 0.2) is 0 Å². The first-order valence-electron chi connectivity index (χ1n) is 3.75. The second-order valence-electron chi connectivity index (χ2n) is 2.67. The lowest BCUT2D eigenvalue weighted by molar-refractivity contribution is -0.139. The first kappa shape index (κ1) is 11.7. The molecule has 74 valence electrons. The summed E-state index contributed by atoms with van der Waals surface area (Å²) in [4.78, 5) is 0. The molecule has 0 fully saturated rings. The molecule has 2 nitrogen and oxygen atoms in total. The minimum atomic E-state index is -4.08. The summed E-state index contributed by atoms with van der Waals surface area (Å²) in [6, 6.07) is -0.542. The molecule has 12 heavy (non-hydrogen) atoms. The van der Waals surface area contributed by atoms with Crippen LogP contribution in [0.15, 0.2) is 0 Å². The number of nitrogens with one attached hydrogen (secondary N) is 1. The second-order valence-corrected chi connectivity index (χ2v) is 2.67. The maximum absolute atomic E-state index is 11.7. The number of methoxy groups -OCH3 is 1. The molecule has 0 aliphatic rings. The molecule has 0 aliphatic heterocycles. The number of ether oxygens (including phenoxy) is 1. The zero-order valence-electron chi connectivity index (χ0n) is 7.24. The van der Waals surface area contributed by atoms with Crippen LogP contribution in [0.1, 0.15) is 13.3 Å². The molecule has 0 amide bonds. The zero-order chi connectivity index (χ0) is 9.61. The molecular weight excluding hydrogens is 171 g/mol. The van der Waals surface area contributed by atoms with Crippen molar-refractivity contribution in [3.8, 4) is 0 Å². The predicted molar refractivity (Wildman–Crippen MR) is 40.0 cm³/mol. The highest BCUT2D eigenvalue weighted by molar-refractivity contribution is 4.64. The predicted octanol–water partition coefficient (Wildman–Crippen LogP) is 1.56. The third kappa shape index (κ3) is 7.81. The van der Waals surface area contributed by atoms with Crippen molar-refractivity contribution in [3.63, 3.8) is 0 Å². The van der Waals surface area contributed by atoms with E-state index in [2.05, 4.69) is 10.1 Å². The van der Waals surface area contributed by atoms with Crippen molar-refractivity contribution < 1.29 is 17.9 Å². The molecule has 0 rings (SSSR count). The standard InChI is InChI=1S/C7H14F3NO/c1-6(5-7(8,9)10)11-3-4-12-2/h6,11H,3-5H2,1-2H3. The van der Waals surface area contributed by atoms with E-state index in [1.807, 2.05) is 0 Å². The molecule has 0 saturated heterocycles. The molecule has 5 heteroatoms. The molecule has 0 aromatic rings. The molecular formula is C7H14F3NO. The van der Waals surface area contributed by atoms with Crippen LogP contribution in [-0.2, 0) is 4.74 Å². The topological polar surface area (TPSA) is 21.3 Å². The normalized spacial score (nSPS) is 14.8. The van der Waals surface area contributed by atoms with Crippen molar-refractivity contribution in [2.75, 3.05) is 20.3 Å². The summed E-state index contributed by atoms with van der Waals surface area (Å²) in [5.74, 6) is 0. The van der Waals surface area contributed by atoms with E-state index < -0.39 is 18.6 Å². The quantitative estimate of drug-likeness (QED) is 0.656. The van der Waals surface area contributed by atoms with Crippen LogP contribution in [0, 0.1) is 0 Å². The van der Waals surface area contributed by atoms with E-state index in [9.17, 15) is 13.2 Å². The lowest BCUT2D eigenvalue weighted by Crippen LogP contribution is -2.33. The Kier molecular flexibility index (Phi) is 5.24. The lowest BCUT2D eigenvalue weighted by Gasteiger charge is -2.15. The third-order valence-electron chi connectivity index (χ3n) is 1.34. The summed E-state index contributed by atoms with van der Waals surface area (Å²) < 4.78 is 39.9. The van der Waals surface area contributed by atoms with Gasteiger partial charge in [0.2, 0.25) is 0 Å². The van der Waals surface area contributed by atoms with Gasteiger partial charge in [-0.1, -0.05) is 0 Å². The van der Waals surface area contributed by atoms with E-state index in [4.69, 9.17) is 0 Å². The molecule has 0 aliphatic carbocycles. The van der Waals surface area contributed by atoms with Crippen LogP contribution >= 0.6 is 0 Å². The van der Waals surface area contributed by atoms with Gasteiger partial charge in [-0.2, -0.15) is 13.2 Å². The third-order valence-corrected chi connectivity index (χ3v) is 1.34. The summed E-state index contributed by atoms with van der Waals surface area (Å²) in [7, 11) is 1.51. The molecule has 1 atom stereocenters. The van der Waals surface area contributed by atoms with Gasteiger partial charge >= 0.3 is 6.18 Å². The fourth-order valence-electron chi connectivity index (χ4n) is 0.827. The Hall–Kier alpha value is -0.290. The highest BCUT2D eigenvalue weighted by atomic mass is 19.4. The van der Waals surface area contributed by atoms with E-state index >= 15 is 0 Å². The number of rotatable bonds is 5. The van der Waals surface area contributed by atoms with Gasteiger partial charge in [0.25, 0.3) is 0 Å². The highest BCUT2D eigenvalue weighted by Gasteiger charge is 2.29. The largest absolute Gasteiger partial charge is 0.390 e. The fraction of sp³-hybridized carbons (Fsp3) is 1.00. The average Bonchev–Trinajstić information content (AvgIpc) is 1.84. The monoisotopic (exact) mass is 185 g/mol.